The first kappa shape index (κ1) is 14.5. The highest BCUT2D eigenvalue weighted by Gasteiger charge is 2.17. The smallest absolute Gasteiger partial charge is 0.262 e. The van der Waals surface area contributed by atoms with E-state index in [1.54, 1.807) is 19.1 Å². The summed E-state index contributed by atoms with van der Waals surface area (Å²) in [4.78, 5) is 0.180. The summed E-state index contributed by atoms with van der Waals surface area (Å²) in [6.45, 7) is 2.06. The van der Waals surface area contributed by atoms with Crippen molar-refractivity contribution in [3.63, 3.8) is 0 Å². The Morgan fingerprint density at radius 3 is 2.35 bits per heavy atom. The van der Waals surface area contributed by atoms with Crippen LogP contribution in [0.1, 0.15) is 11.1 Å². The van der Waals surface area contributed by atoms with Gasteiger partial charge in [0.05, 0.1) is 4.90 Å². The predicted molar refractivity (Wildman–Crippen MR) is 76.3 cm³/mol. The van der Waals surface area contributed by atoms with Crippen molar-refractivity contribution in [1.29, 1.82) is 0 Å². The van der Waals surface area contributed by atoms with Crippen LogP contribution in [0.4, 0.5) is 10.1 Å². The fraction of sp³-hybridized carbons (Fsp3) is 0.143. The van der Waals surface area contributed by atoms with Gasteiger partial charge in [0.15, 0.2) is 0 Å². The molecule has 0 radical (unpaired) electrons. The topological polar surface area (TPSA) is 72.2 Å². The third kappa shape index (κ3) is 3.15. The number of rotatable bonds is 4. The first-order valence-corrected chi connectivity index (χ1v) is 7.48. The molecule has 0 fully saturated rings. The zero-order valence-electron chi connectivity index (χ0n) is 10.9. The average molecular weight is 294 g/mol. The molecule has 0 spiro atoms. The van der Waals surface area contributed by atoms with Crippen LogP contribution in [-0.4, -0.2) is 8.42 Å². The van der Waals surface area contributed by atoms with Crippen LogP contribution in [0.3, 0.4) is 0 Å². The normalized spacial score (nSPS) is 11.3. The molecule has 0 aliphatic heterocycles. The van der Waals surface area contributed by atoms with Gasteiger partial charge in [0.2, 0.25) is 0 Å². The molecule has 4 nitrogen and oxygen atoms in total. The van der Waals surface area contributed by atoms with Crippen LogP contribution in [0.25, 0.3) is 0 Å². The molecular weight excluding hydrogens is 279 g/mol. The molecule has 20 heavy (non-hydrogen) atoms. The summed E-state index contributed by atoms with van der Waals surface area (Å²) in [5, 5.41) is 0. The molecule has 2 aromatic rings. The van der Waals surface area contributed by atoms with E-state index in [0.29, 0.717) is 17.8 Å². The molecule has 0 aromatic heterocycles. The average Bonchev–Trinajstić information content (AvgIpc) is 2.40. The van der Waals surface area contributed by atoms with Crippen molar-refractivity contribution >= 4 is 15.7 Å². The summed E-state index contributed by atoms with van der Waals surface area (Å²) in [5.41, 5.74) is 7.31. The monoisotopic (exact) mass is 294 g/mol. The van der Waals surface area contributed by atoms with Crippen LogP contribution in [0.15, 0.2) is 47.4 Å². The molecule has 0 bridgehead atoms. The molecule has 2 aromatic carbocycles. The van der Waals surface area contributed by atoms with E-state index in [1.807, 2.05) is 0 Å². The lowest BCUT2D eigenvalue weighted by molar-refractivity contribution is 0.600. The molecule has 0 atom stereocenters. The van der Waals surface area contributed by atoms with Crippen LogP contribution in [0, 0.1) is 12.7 Å². The molecule has 106 valence electrons. The van der Waals surface area contributed by atoms with E-state index in [1.165, 1.54) is 30.3 Å². The fourth-order valence-corrected chi connectivity index (χ4v) is 3.15. The number of benzene rings is 2. The molecule has 0 aliphatic carbocycles. The highest BCUT2D eigenvalue weighted by Crippen LogP contribution is 2.20. The van der Waals surface area contributed by atoms with Gasteiger partial charge >= 0.3 is 0 Å². The molecule has 6 heteroatoms. The van der Waals surface area contributed by atoms with Crippen LogP contribution in [-0.2, 0) is 16.6 Å². The van der Waals surface area contributed by atoms with Crippen molar-refractivity contribution in [1.82, 2.24) is 0 Å². The molecule has 0 amide bonds. The van der Waals surface area contributed by atoms with Crippen molar-refractivity contribution in [2.75, 3.05) is 4.72 Å². The van der Waals surface area contributed by atoms with Crippen molar-refractivity contribution in [2.45, 2.75) is 18.4 Å². The standard InChI is InChI=1S/C14H15FN2O2S/c1-10-8-11(9-16)2-7-14(10)20(18,19)17-13-5-3-12(15)4-6-13/h2-8,17H,9,16H2,1H3. The van der Waals surface area contributed by atoms with Crippen molar-refractivity contribution in [3.05, 3.63) is 59.4 Å². The first-order chi connectivity index (χ1) is 9.42. The molecular formula is C14H15FN2O2S. The minimum Gasteiger partial charge on any atom is -0.326 e. The van der Waals surface area contributed by atoms with Crippen LogP contribution in [0.5, 0.6) is 0 Å². The van der Waals surface area contributed by atoms with Crippen LogP contribution in [0.2, 0.25) is 0 Å². The number of anilines is 1. The molecule has 0 heterocycles. The van der Waals surface area contributed by atoms with Gasteiger partial charge in [-0.3, -0.25) is 4.72 Å². The van der Waals surface area contributed by atoms with Gasteiger partial charge in [-0.1, -0.05) is 12.1 Å². The quantitative estimate of drug-likeness (QED) is 0.909. The lowest BCUT2D eigenvalue weighted by Crippen LogP contribution is -2.14. The van der Waals surface area contributed by atoms with Gasteiger partial charge in [-0.05, 0) is 48.4 Å². The molecule has 0 saturated heterocycles. The molecule has 0 aliphatic rings. The summed E-state index contributed by atoms with van der Waals surface area (Å²) >= 11 is 0. The maximum absolute atomic E-state index is 12.8. The third-order valence-corrected chi connectivity index (χ3v) is 4.40. The largest absolute Gasteiger partial charge is 0.326 e. The molecule has 0 unspecified atom stereocenters. The molecule has 2 rings (SSSR count). The number of halogens is 1. The highest BCUT2D eigenvalue weighted by atomic mass is 32.2. The van der Waals surface area contributed by atoms with E-state index >= 15 is 0 Å². The van der Waals surface area contributed by atoms with Gasteiger partial charge in [-0.15, -0.1) is 0 Å². The van der Waals surface area contributed by atoms with Crippen molar-refractivity contribution < 1.29 is 12.8 Å². The second-order valence-corrected chi connectivity index (χ2v) is 6.07. The van der Waals surface area contributed by atoms with Gasteiger partial charge in [-0.2, -0.15) is 0 Å². The Bertz CT molecular complexity index is 712. The van der Waals surface area contributed by atoms with E-state index in [-0.39, 0.29) is 4.90 Å². The second-order valence-electron chi connectivity index (χ2n) is 4.42. The summed E-state index contributed by atoms with van der Waals surface area (Å²) < 4.78 is 39.8. The van der Waals surface area contributed by atoms with Crippen molar-refractivity contribution in [2.24, 2.45) is 5.73 Å². The lowest BCUT2D eigenvalue weighted by Gasteiger charge is -2.11. The van der Waals surface area contributed by atoms with Gasteiger partial charge in [0.25, 0.3) is 10.0 Å². The van der Waals surface area contributed by atoms with Gasteiger partial charge in [0, 0.05) is 12.2 Å². The molecule has 0 saturated carbocycles. The van der Waals surface area contributed by atoms with E-state index in [9.17, 15) is 12.8 Å². The number of hydrogen-bond donors (Lipinski definition) is 2. The number of aryl methyl sites for hydroxylation is 1. The van der Waals surface area contributed by atoms with E-state index in [2.05, 4.69) is 4.72 Å². The summed E-state index contributed by atoms with van der Waals surface area (Å²) in [6.07, 6.45) is 0. The Hall–Kier alpha value is -1.92. The lowest BCUT2D eigenvalue weighted by atomic mass is 10.1. The fourth-order valence-electron chi connectivity index (χ4n) is 1.87. The number of nitrogens with one attached hydrogen (secondary N) is 1. The number of sulfonamides is 1. The van der Waals surface area contributed by atoms with Gasteiger partial charge in [0.1, 0.15) is 5.82 Å². The predicted octanol–water partition coefficient (Wildman–Crippen LogP) is 2.39. The summed E-state index contributed by atoms with van der Waals surface area (Å²) in [7, 11) is -3.70. The van der Waals surface area contributed by atoms with E-state index in [0.717, 1.165) is 5.56 Å². The first-order valence-electron chi connectivity index (χ1n) is 6.00. The Balaban J connectivity index is 2.33. The Morgan fingerprint density at radius 1 is 1.15 bits per heavy atom. The van der Waals surface area contributed by atoms with Gasteiger partial charge in [-0.25, -0.2) is 12.8 Å². The minimum atomic E-state index is -3.70. The summed E-state index contributed by atoms with van der Waals surface area (Å²) in [5.74, 6) is -0.420. The van der Waals surface area contributed by atoms with Gasteiger partial charge < -0.3 is 5.73 Å². The summed E-state index contributed by atoms with van der Waals surface area (Å²) in [6, 6.07) is 10.1. The zero-order valence-corrected chi connectivity index (χ0v) is 11.7. The van der Waals surface area contributed by atoms with Crippen LogP contribution < -0.4 is 10.5 Å². The maximum Gasteiger partial charge on any atom is 0.262 e. The second kappa shape index (κ2) is 5.60. The van der Waals surface area contributed by atoms with Crippen molar-refractivity contribution in [3.8, 4) is 0 Å². The Labute approximate surface area is 117 Å². The highest BCUT2D eigenvalue weighted by molar-refractivity contribution is 7.92. The number of hydrogen-bond acceptors (Lipinski definition) is 3. The third-order valence-electron chi connectivity index (χ3n) is 2.86. The SMILES string of the molecule is Cc1cc(CN)ccc1S(=O)(=O)Nc1ccc(F)cc1. The Kier molecular flexibility index (Phi) is 4.06. The van der Waals surface area contributed by atoms with E-state index in [4.69, 9.17) is 5.73 Å². The molecule has 3 N–H and O–H groups in total. The number of nitrogens with two attached hydrogens (primary N) is 1. The Morgan fingerprint density at radius 2 is 1.80 bits per heavy atom. The van der Waals surface area contributed by atoms with E-state index < -0.39 is 15.8 Å². The van der Waals surface area contributed by atoms with Crippen LogP contribution >= 0.6 is 0 Å². The zero-order chi connectivity index (χ0) is 14.8. The minimum absolute atomic E-state index is 0.180. The maximum atomic E-state index is 12.8.